The third kappa shape index (κ3) is 4.82. The number of hydrogen-bond donors (Lipinski definition) is 0. The Kier molecular flexibility index (Phi) is 6.16. The first-order chi connectivity index (χ1) is 7.45. The summed E-state index contributed by atoms with van der Waals surface area (Å²) in [6, 6.07) is 0. The molecular formula is C12H22S3. The van der Waals surface area contributed by atoms with Crippen LogP contribution in [0.1, 0.15) is 38.5 Å². The highest BCUT2D eigenvalue weighted by Crippen LogP contribution is 2.31. The fourth-order valence-corrected chi connectivity index (χ4v) is 6.63. The predicted octanol–water partition coefficient (Wildman–Crippen LogP) is 4.29. The molecule has 0 amide bonds. The van der Waals surface area contributed by atoms with E-state index in [-0.39, 0.29) is 0 Å². The highest BCUT2D eigenvalue weighted by atomic mass is 32.2. The molecule has 2 aliphatic heterocycles. The molecule has 0 aromatic carbocycles. The molecule has 2 aliphatic rings. The molecule has 0 nitrogen and oxygen atoms in total. The summed E-state index contributed by atoms with van der Waals surface area (Å²) >= 11 is 6.67. The predicted molar refractivity (Wildman–Crippen MR) is 77.5 cm³/mol. The van der Waals surface area contributed by atoms with Gasteiger partial charge in [-0.1, -0.05) is 12.8 Å². The monoisotopic (exact) mass is 262 g/mol. The number of rotatable bonds is 4. The smallest absolute Gasteiger partial charge is 0.0138 e. The molecule has 3 heteroatoms. The minimum absolute atomic E-state index is 0.984. The summed E-state index contributed by atoms with van der Waals surface area (Å²) in [5.41, 5.74) is 0. The van der Waals surface area contributed by atoms with Crippen molar-refractivity contribution in [3.05, 3.63) is 0 Å². The van der Waals surface area contributed by atoms with Gasteiger partial charge in [-0.2, -0.15) is 35.3 Å². The molecule has 0 saturated carbocycles. The van der Waals surface area contributed by atoms with E-state index in [4.69, 9.17) is 0 Å². The van der Waals surface area contributed by atoms with Crippen LogP contribution in [0.3, 0.4) is 0 Å². The topological polar surface area (TPSA) is 0 Å². The molecule has 0 N–H and O–H groups in total. The van der Waals surface area contributed by atoms with Crippen LogP contribution >= 0.6 is 35.3 Å². The van der Waals surface area contributed by atoms with Gasteiger partial charge in [0.15, 0.2) is 0 Å². The largest absolute Gasteiger partial charge is 0.160 e. The van der Waals surface area contributed by atoms with Crippen molar-refractivity contribution in [3.63, 3.8) is 0 Å². The molecule has 0 aliphatic carbocycles. The van der Waals surface area contributed by atoms with E-state index in [1.807, 2.05) is 0 Å². The molecule has 0 spiro atoms. The van der Waals surface area contributed by atoms with Crippen molar-refractivity contribution in [3.8, 4) is 0 Å². The van der Waals surface area contributed by atoms with Crippen molar-refractivity contribution in [2.75, 3.05) is 23.0 Å². The Bertz CT molecular complexity index is 142. The van der Waals surface area contributed by atoms with Crippen LogP contribution in [-0.4, -0.2) is 33.5 Å². The molecule has 0 radical (unpaired) electrons. The van der Waals surface area contributed by atoms with Gasteiger partial charge in [-0.15, -0.1) is 0 Å². The van der Waals surface area contributed by atoms with E-state index in [1.54, 1.807) is 0 Å². The van der Waals surface area contributed by atoms with Gasteiger partial charge in [-0.25, -0.2) is 0 Å². The SMILES string of the molecule is C1CCC(CSCC2CCCCS2)SC1. The maximum Gasteiger partial charge on any atom is 0.0138 e. The van der Waals surface area contributed by atoms with Crippen molar-refractivity contribution in [2.24, 2.45) is 0 Å². The van der Waals surface area contributed by atoms with Crippen LogP contribution in [0.5, 0.6) is 0 Å². The highest BCUT2D eigenvalue weighted by molar-refractivity contribution is 8.05. The Morgan fingerprint density at radius 1 is 0.800 bits per heavy atom. The molecule has 15 heavy (non-hydrogen) atoms. The molecule has 2 rings (SSSR count). The highest BCUT2D eigenvalue weighted by Gasteiger charge is 2.17. The van der Waals surface area contributed by atoms with Crippen molar-refractivity contribution in [1.82, 2.24) is 0 Å². The molecule has 0 aromatic rings. The van der Waals surface area contributed by atoms with E-state index in [9.17, 15) is 0 Å². The molecular weight excluding hydrogens is 240 g/mol. The number of hydrogen-bond acceptors (Lipinski definition) is 3. The van der Waals surface area contributed by atoms with Crippen LogP contribution in [0.4, 0.5) is 0 Å². The third-order valence-corrected chi connectivity index (χ3v) is 7.65. The van der Waals surface area contributed by atoms with E-state index >= 15 is 0 Å². The molecule has 2 saturated heterocycles. The van der Waals surface area contributed by atoms with Gasteiger partial charge in [-0.3, -0.25) is 0 Å². The van der Waals surface area contributed by atoms with Crippen molar-refractivity contribution in [1.29, 1.82) is 0 Å². The molecule has 0 aromatic heterocycles. The first kappa shape index (κ1) is 12.5. The van der Waals surface area contributed by atoms with Crippen molar-refractivity contribution in [2.45, 2.75) is 49.0 Å². The van der Waals surface area contributed by atoms with Gasteiger partial charge in [0.05, 0.1) is 0 Å². The van der Waals surface area contributed by atoms with Gasteiger partial charge in [-0.05, 0) is 37.2 Å². The van der Waals surface area contributed by atoms with Crippen LogP contribution in [-0.2, 0) is 0 Å². The summed E-state index contributed by atoms with van der Waals surface area (Å²) in [5.74, 6) is 5.68. The Hall–Kier alpha value is 1.05. The average Bonchev–Trinajstić information content (AvgIpc) is 2.32. The lowest BCUT2D eigenvalue weighted by atomic mass is 10.2. The zero-order valence-corrected chi connectivity index (χ0v) is 11.9. The van der Waals surface area contributed by atoms with E-state index < -0.39 is 0 Å². The Labute approximate surface area is 107 Å². The minimum Gasteiger partial charge on any atom is -0.160 e. The third-order valence-electron chi connectivity index (χ3n) is 3.16. The molecule has 2 atom stereocenters. The summed E-state index contributed by atoms with van der Waals surface area (Å²) in [4.78, 5) is 0. The maximum atomic E-state index is 2.22. The van der Waals surface area contributed by atoms with E-state index in [2.05, 4.69) is 35.3 Å². The molecule has 2 heterocycles. The zero-order chi connectivity index (χ0) is 10.3. The second kappa shape index (κ2) is 7.39. The summed E-state index contributed by atoms with van der Waals surface area (Å²) in [5, 5.41) is 1.97. The van der Waals surface area contributed by atoms with Crippen LogP contribution in [0.2, 0.25) is 0 Å². The van der Waals surface area contributed by atoms with Crippen LogP contribution in [0.15, 0.2) is 0 Å². The minimum atomic E-state index is 0.984. The van der Waals surface area contributed by atoms with Gasteiger partial charge in [0.2, 0.25) is 0 Å². The molecule has 2 unspecified atom stereocenters. The van der Waals surface area contributed by atoms with Gasteiger partial charge >= 0.3 is 0 Å². The van der Waals surface area contributed by atoms with Crippen LogP contribution in [0, 0.1) is 0 Å². The van der Waals surface area contributed by atoms with Crippen molar-refractivity contribution < 1.29 is 0 Å². The average molecular weight is 263 g/mol. The van der Waals surface area contributed by atoms with E-state index in [1.165, 1.54) is 61.5 Å². The fraction of sp³-hybridized carbons (Fsp3) is 1.00. The summed E-state index contributed by atoms with van der Waals surface area (Å²) < 4.78 is 0. The Morgan fingerprint density at radius 2 is 1.33 bits per heavy atom. The summed E-state index contributed by atoms with van der Waals surface area (Å²) in [6.45, 7) is 0. The first-order valence-electron chi connectivity index (χ1n) is 6.26. The maximum absolute atomic E-state index is 2.22. The lowest BCUT2D eigenvalue weighted by Crippen LogP contribution is -2.16. The Balaban J connectivity index is 1.53. The fourth-order valence-electron chi connectivity index (χ4n) is 2.21. The lowest BCUT2D eigenvalue weighted by molar-refractivity contribution is 0.691. The molecule has 0 bridgehead atoms. The molecule has 88 valence electrons. The zero-order valence-electron chi connectivity index (χ0n) is 9.45. The lowest BCUT2D eigenvalue weighted by Gasteiger charge is -2.23. The van der Waals surface area contributed by atoms with Crippen molar-refractivity contribution >= 4 is 35.3 Å². The summed E-state index contributed by atoms with van der Waals surface area (Å²) in [7, 11) is 0. The quantitative estimate of drug-likeness (QED) is 0.742. The van der Waals surface area contributed by atoms with E-state index in [0.29, 0.717) is 0 Å². The summed E-state index contributed by atoms with van der Waals surface area (Å²) in [6.07, 6.45) is 8.85. The number of thioether (sulfide) groups is 3. The standard InChI is InChI=1S/C12H22S3/c1-3-7-14-11(5-1)9-13-10-12-6-2-4-8-15-12/h11-12H,1-10H2. The van der Waals surface area contributed by atoms with Gasteiger partial charge in [0.25, 0.3) is 0 Å². The second-order valence-electron chi connectivity index (χ2n) is 4.51. The molecule has 2 fully saturated rings. The van der Waals surface area contributed by atoms with Crippen LogP contribution in [0.25, 0.3) is 0 Å². The van der Waals surface area contributed by atoms with E-state index in [0.717, 1.165) is 10.5 Å². The Morgan fingerprint density at radius 3 is 1.73 bits per heavy atom. The normalized spacial score (nSPS) is 32.8. The van der Waals surface area contributed by atoms with Crippen LogP contribution < -0.4 is 0 Å². The first-order valence-corrected chi connectivity index (χ1v) is 9.51. The van der Waals surface area contributed by atoms with Gasteiger partial charge < -0.3 is 0 Å². The van der Waals surface area contributed by atoms with Gasteiger partial charge in [0, 0.05) is 22.0 Å². The van der Waals surface area contributed by atoms with Gasteiger partial charge in [0.1, 0.15) is 0 Å². The second-order valence-corrected chi connectivity index (χ2v) is 8.41.